The van der Waals surface area contributed by atoms with E-state index in [0.29, 0.717) is 0 Å². The molecule has 1 aromatic rings. The molecule has 1 aromatic carbocycles. The summed E-state index contributed by atoms with van der Waals surface area (Å²) in [6.45, 7) is 2.23. The Bertz CT molecular complexity index is 440. The zero-order valence-corrected chi connectivity index (χ0v) is 9.80. The van der Waals surface area contributed by atoms with E-state index in [0.717, 1.165) is 18.9 Å². The van der Waals surface area contributed by atoms with Crippen molar-refractivity contribution in [3.63, 3.8) is 0 Å². The summed E-state index contributed by atoms with van der Waals surface area (Å²) in [5.41, 5.74) is -1.10. The molecule has 0 saturated heterocycles. The van der Waals surface area contributed by atoms with Crippen molar-refractivity contribution in [3.05, 3.63) is 29.3 Å². The summed E-state index contributed by atoms with van der Waals surface area (Å²) in [6.07, 6.45) is 1.62. The Hall–Kier alpha value is -2.08. The van der Waals surface area contributed by atoms with Crippen LogP contribution in [0.5, 0.6) is 5.75 Å². The number of carbonyl (C=O) groups is 2. The molecule has 0 saturated carbocycles. The molecule has 0 amide bonds. The fourth-order valence-corrected chi connectivity index (χ4v) is 1.29. The van der Waals surface area contributed by atoms with Crippen molar-refractivity contribution in [2.45, 2.75) is 19.8 Å². The minimum atomic E-state index is -1.66. The molecule has 98 valence electrons. The molecule has 0 N–H and O–H groups in total. The maximum atomic E-state index is 10.9. The van der Waals surface area contributed by atoms with Gasteiger partial charge in [-0.05, 0) is 12.5 Å². The zero-order chi connectivity index (χ0) is 13.5. The molecule has 18 heavy (non-hydrogen) atoms. The van der Waals surface area contributed by atoms with Crippen molar-refractivity contribution in [3.8, 4) is 5.75 Å². The van der Waals surface area contributed by atoms with Gasteiger partial charge in [-0.15, -0.1) is 0 Å². The number of carbonyl (C=O) groups excluding carboxylic acids is 2. The highest BCUT2D eigenvalue weighted by molar-refractivity contribution is 6.02. The van der Waals surface area contributed by atoms with E-state index in [1.807, 2.05) is 6.92 Å². The highest BCUT2D eigenvalue weighted by Crippen LogP contribution is 2.22. The van der Waals surface area contributed by atoms with Crippen molar-refractivity contribution in [1.82, 2.24) is 0 Å². The van der Waals surface area contributed by atoms with Crippen molar-refractivity contribution in [2.75, 3.05) is 6.61 Å². The van der Waals surface area contributed by atoms with Gasteiger partial charge in [0.2, 0.25) is 0 Å². The van der Waals surface area contributed by atoms with Crippen LogP contribution in [0.3, 0.4) is 0 Å². The lowest BCUT2D eigenvalue weighted by molar-refractivity contribution is -0.260. The quantitative estimate of drug-likeness (QED) is 0.369. The van der Waals surface area contributed by atoms with Crippen LogP contribution >= 0.6 is 0 Å². The first kappa shape index (κ1) is 14.0. The molecule has 0 aliphatic carbocycles. The number of rotatable bonds is 7. The number of hydrogen-bond donors (Lipinski definition) is 0. The number of aromatic carboxylic acids is 2. The number of hydrogen-bond acceptors (Lipinski definition) is 6. The van der Waals surface area contributed by atoms with Crippen molar-refractivity contribution >= 4 is 11.9 Å². The van der Waals surface area contributed by atoms with Gasteiger partial charge < -0.3 is 24.7 Å². The molecule has 0 atom stereocenters. The average Bonchev–Trinajstić information content (AvgIpc) is 2.33. The molecular weight excluding hydrogens is 240 g/mol. The van der Waals surface area contributed by atoms with E-state index in [1.54, 1.807) is 0 Å². The van der Waals surface area contributed by atoms with Gasteiger partial charge in [-0.2, -0.15) is 4.89 Å². The van der Waals surface area contributed by atoms with E-state index in [-0.39, 0.29) is 12.4 Å². The Morgan fingerprint density at radius 2 is 1.94 bits per heavy atom. The molecule has 0 aliphatic heterocycles. The maximum absolute atomic E-state index is 10.9. The molecule has 0 heterocycles. The molecule has 6 nitrogen and oxygen atoms in total. The lowest BCUT2D eigenvalue weighted by atomic mass is 10.1. The first-order valence-electron chi connectivity index (χ1n) is 5.43. The summed E-state index contributed by atoms with van der Waals surface area (Å²) < 4.78 is 0. The molecule has 0 unspecified atom stereocenters. The summed E-state index contributed by atoms with van der Waals surface area (Å²) in [7, 11) is 0. The second-order valence-electron chi connectivity index (χ2n) is 3.51. The van der Waals surface area contributed by atoms with E-state index >= 15 is 0 Å². The van der Waals surface area contributed by atoms with Crippen LogP contribution in [0.2, 0.25) is 0 Å². The summed E-state index contributed by atoms with van der Waals surface area (Å²) in [6, 6.07) is 3.71. The van der Waals surface area contributed by atoms with Gasteiger partial charge in [-0.3, -0.25) is 0 Å². The topological polar surface area (TPSA) is 98.7 Å². The van der Waals surface area contributed by atoms with Gasteiger partial charge in [-0.25, -0.2) is 0 Å². The smallest absolute Gasteiger partial charge is 0.175 e. The Kier molecular flexibility index (Phi) is 5.13. The van der Waals surface area contributed by atoms with Crippen molar-refractivity contribution < 1.29 is 29.6 Å². The fourth-order valence-electron chi connectivity index (χ4n) is 1.29. The van der Waals surface area contributed by atoms with Crippen LogP contribution in [-0.4, -0.2) is 18.5 Å². The molecule has 0 aromatic heterocycles. The van der Waals surface area contributed by atoms with Gasteiger partial charge in [-0.1, -0.05) is 25.5 Å². The van der Waals surface area contributed by atoms with Crippen LogP contribution in [0.1, 0.15) is 40.5 Å². The van der Waals surface area contributed by atoms with Crippen LogP contribution < -0.4 is 15.1 Å². The van der Waals surface area contributed by atoms with E-state index in [1.165, 1.54) is 12.1 Å². The van der Waals surface area contributed by atoms with Crippen molar-refractivity contribution in [1.29, 1.82) is 0 Å². The normalized spacial score (nSPS) is 10.1. The lowest BCUT2D eigenvalue weighted by Crippen LogP contribution is -2.30. The highest BCUT2D eigenvalue weighted by Gasteiger charge is 2.12. The van der Waals surface area contributed by atoms with Gasteiger partial charge in [0.1, 0.15) is 0 Å². The maximum Gasteiger partial charge on any atom is 0.175 e. The third-order valence-electron chi connectivity index (χ3n) is 2.18. The third-order valence-corrected chi connectivity index (χ3v) is 2.18. The predicted molar refractivity (Wildman–Crippen MR) is 56.6 cm³/mol. The van der Waals surface area contributed by atoms with Gasteiger partial charge in [0.15, 0.2) is 5.75 Å². The number of benzene rings is 1. The van der Waals surface area contributed by atoms with Gasteiger partial charge >= 0.3 is 0 Å². The summed E-state index contributed by atoms with van der Waals surface area (Å²) in [5, 5.41) is 21.7. The molecular formula is C12H12O6-2. The Morgan fingerprint density at radius 1 is 1.22 bits per heavy atom. The molecule has 0 radical (unpaired) electrons. The summed E-state index contributed by atoms with van der Waals surface area (Å²) in [5.74, 6) is -3.50. The van der Waals surface area contributed by atoms with E-state index < -0.39 is 23.1 Å². The van der Waals surface area contributed by atoms with Crippen LogP contribution in [0, 0.1) is 0 Å². The second-order valence-corrected chi connectivity index (χ2v) is 3.51. The molecule has 0 spiro atoms. The molecule has 0 bridgehead atoms. The largest absolute Gasteiger partial charge is 0.545 e. The number of carboxylic acids is 2. The minimum Gasteiger partial charge on any atom is -0.545 e. The summed E-state index contributed by atoms with van der Waals surface area (Å²) in [4.78, 5) is 31.2. The van der Waals surface area contributed by atoms with E-state index in [4.69, 9.17) is 9.78 Å². The van der Waals surface area contributed by atoms with Gasteiger partial charge in [0.25, 0.3) is 0 Å². The zero-order valence-electron chi connectivity index (χ0n) is 9.80. The summed E-state index contributed by atoms with van der Waals surface area (Å²) >= 11 is 0. The highest BCUT2D eigenvalue weighted by atomic mass is 17.2. The predicted octanol–water partition coefficient (Wildman–Crippen LogP) is -0.476. The van der Waals surface area contributed by atoms with Crippen molar-refractivity contribution in [2.24, 2.45) is 0 Å². The fraction of sp³-hybridized carbons (Fsp3) is 0.333. The monoisotopic (exact) mass is 252 g/mol. The first-order valence-corrected chi connectivity index (χ1v) is 5.43. The van der Waals surface area contributed by atoms with Crippen LogP contribution in [0.15, 0.2) is 18.2 Å². The molecule has 6 heteroatoms. The first-order chi connectivity index (χ1) is 8.57. The lowest BCUT2D eigenvalue weighted by Gasteiger charge is -2.15. The Morgan fingerprint density at radius 3 is 2.50 bits per heavy atom. The van der Waals surface area contributed by atoms with Crippen LogP contribution in [0.4, 0.5) is 0 Å². The number of carboxylic acid groups (broad SMARTS) is 2. The van der Waals surface area contributed by atoms with Crippen LogP contribution in [0.25, 0.3) is 0 Å². The minimum absolute atomic E-state index is 0.215. The standard InChI is InChI=1S/C12H14O6/c1-2-3-7-17-18-9-6-4-5-8(11(13)14)10(9)12(15)16/h4-6H,2-3,7H2,1H3,(H,13,14)(H,15,16)/p-2. The number of unbranched alkanes of at least 4 members (excludes halogenated alkanes) is 1. The molecule has 0 fully saturated rings. The van der Waals surface area contributed by atoms with Crippen LogP contribution in [-0.2, 0) is 4.89 Å². The van der Waals surface area contributed by atoms with E-state index in [9.17, 15) is 19.8 Å². The van der Waals surface area contributed by atoms with Gasteiger partial charge in [0, 0.05) is 5.56 Å². The molecule has 0 aliphatic rings. The average molecular weight is 252 g/mol. The SMILES string of the molecule is CCCCOOc1cccc(C(=O)[O-])c1C(=O)[O-]. The third kappa shape index (κ3) is 3.46. The Labute approximate surface area is 104 Å². The Balaban J connectivity index is 2.93. The second kappa shape index (κ2) is 6.61. The van der Waals surface area contributed by atoms with Gasteiger partial charge in [0.05, 0.1) is 24.1 Å². The molecule has 1 rings (SSSR count). The van der Waals surface area contributed by atoms with E-state index in [2.05, 4.69) is 0 Å².